The molecule has 33 heavy (non-hydrogen) atoms. The summed E-state index contributed by atoms with van der Waals surface area (Å²) < 4.78 is 22.0. The number of methoxy groups -OCH3 is 1. The number of para-hydroxylation sites is 1. The van der Waals surface area contributed by atoms with Crippen molar-refractivity contribution >= 4 is 16.9 Å². The molecule has 5 atom stereocenters. The maximum Gasteiger partial charge on any atom is 0.319 e. The van der Waals surface area contributed by atoms with E-state index in [1.807, 2.05) is 6.92 Å². The van der Waals surface area contributed by atoms with Gasteiger partial charge in [-0.25, -0.2) is 0 Å². The van der Waals surface area contributed by atoms with E-state index in [2.05, 4.69) is 34.1 Å². The molecule has 6 rings (SSSR count). The lowest BCUT2D eigenvalue weighted by molar-refractivity contribution is -0.166. The summed E-state index contributed by atoms with van der Waals surface area (Å²) >= 11 is 0. The first-order valence-electron chi connectivity index (χ1n) is 12.3. The van der Waals surface area contributed by atoms with Crippen molar-refractivity contribution in [2.75, 3.05) is 53.4 Å². The van der Waals surface area contributed by atoms with Gasteiger partial charge in [0.1, 0.15) is 12.2 Å². The molecular weight excluding hydrogens is 420 g/mol. The van der Waals surface area contributed by atoms with Crippen LogP contribution >= 0.6 is 0 Å². The van der Waals surface area contributed by atoms with Gasteiger partial charge in [-0.2, -0.15) is 0 Å². The van der Waals surface area contributed by atoms with Gasteiger partial charge in [-0.15, -0.1) is 0 Å². The maximum absolute atomic E-state index is 13.8. The molecule has 3 aliphatic heterocycles. The average molecular weight is 457 g/mol. The van der Waals surface area contributed by atoms with E-state index in [1.54, 1.807) is 7.11 Å². The molecule has 2 aromatic rings. The van der Waals surface area contributed by atoms with Crippen molar-refractivity contribution in [3.8, 4) is 0 Å². The number of nitrogens with one attached hydrogen (secondary N) is 1. The van der Waals surface area contributed by atoms with Crippen molar-refractivity contribution in [1.29, 1.82) is 0 Å². The zero-order valence-electron chi connectivity index (χ0n) is 19.8. The fourth-order valence-corrected chi connectivity index (χ4v) is 6.78. The molecule has 2 saturated heterocycles. The zero-order chi connectivity index (χ0) is 22.8. The number of carbonyl (C=O) groups excluding carboxylic acids is 1. The first kappa shape index (κ1) is 22.8. The lowest BCUT2D eigenvalue weighted by Gasteiger charge is -2.58. The van der Waals surface area contributed by atoms with Gasteiger partial charge in [0, 0.05) is 49.4 Å². The molecular formula is C26H36N2O5. The largest absolute Gasteiger partial charge is 0.465 e. The Labute approximate surface area is 195 Å². The molecule has 0 amide bonds. The van der Waals surface area contributed by atoms with Crippen LogP contribution in [0.4, 0.5) is 0 Å². The highest BCUT2D eigenvalue weighted by molar-refractivity contribution is 5.91. The van der Waals surface area contributed by atoms with Crippen LogP contribution in [0.2, 0.25) is 0 Å². The van der Waals surface area contributed by atoms with Crippen LogP contribution in [-0.2, 0) is 35.6 Å². The number of benzene rings is 1. The Kier molecular flexibility index (Phi) is 6.74. The second-order valence-electron chi connectivity index (χ2n) is 9.69. The third-order valence-corrected chi connectivity index (χ3v) is 7.86. The Bertz CT molecular complexity index is 975. The first-order valence-corrected chi connectivity index (χ1v) is 12.3. The van der Waals surface area contributed by atoms with Crippen LogP contribution in [0.25, 0.3) is 10.9 Å². The van der Waals surface area contributed by atoms with E-state index in [0.717, 1.165) is 50.0 Å². The third-order valence-electron chi connectivity index (χ3n) is 7.86. The summed E-state index contributed by atoms with van der Waals surface area (Å²) in [5, 5.41) is 1.24. The predicted molar refractivity (Wildman–Crippen MR) is 125 cm³/mol. The van der Waals surface area contributed by atoms with Gasteiger partial charge >= 0.3 is 5.97 Å². The van der Waals surface area contributed by atoms with Crippen LogP contribution in [0.5, 0.6) is 0 Å². The minimum absolute atomic E-state index is 0.0621. The molecule has 180 valence electrons. The van der Waals surface area contributed by atoms with Crippen LogP contribution in [0.15, 0.2) is 24.3 Å². The van der Waals surface area contributed by atoms with Crippen molar-refractivity contribution < 1.29 is 23.7 Å². The van der Waals surface area contributed by atoms with Crippen molar-refractivity contribution in [2.45, 2.75) is 44.1 Å². The van der Waals surface area contributed by atoms with E-state index in [-0.39, 0.29) is 18.8 Å². The quantitative estimate of drug-likeness (QED) is 0.336. The Hall–Kier alpha value is -1.93. The summed E-state index contributed by atoms with van der Waals surface area (Å²) in [6.07, 6.45) is 3.89. The van der Waals surface area contributed by atoms with Crippen molar-refractivity contribution in [1.82, 2.24) is 9.88 Å². The number of aromatic nitrogens is 1. The van der Waals surface area contributed by atoms with Gasteiger partial charge in [-0.1, -0.05) is 18.2 Å². The first-order chi connectivity index (χ1) is 16.2. The van der Waals surface area contributed by atoms with Crippen LogP contribution in [-0.4, -0.2) is 75.3 Å². The summed E-state index contributed by atoms with van der Waals surface area (Å²) in [4.78, 5) is 20.1. The standard InChI is InChI=1S/C26H36N2O5/c1-3-33-25(29)26-15-18-14-19(9-11-31-17-32-13-12-30-2)24(26)28(16-18)10-8-21-20-6-4-5-7-22(20)27-23(21)26/h4-7,18-19,24,27H,3,8-17H2,1-2H3. The predicted octanol–water partition coefficient (Wildman–Crippen LogP) is 3.26. The number of aromatic amines is 1. The number of fused-ring (bicyclic) bond motifs is 4. The van der Waals surface area contributed by atoms with Crippen LogP contribution < -0.4 is 0 Å². The second-order valence-corrected chi connectivity index (χ2v) is 9.69. The fourth-order valence-electron chi connectivity index (χ4n) is 6.78. The zero-order valence-corrected chi connectivity index (χ0v) is 19.8. The number of carbonyl (C=O) groups is 1. The molecule has 0 radical (unpaired) electrons. The Morgan fingerprint density at radius 2 is 2.06 bits per heavy atom. The van der Waals surface area contributed by atoms with Gasteiger partial charge in [0.25, 0.3) is 0 Å². The SMILES string of the molecule is CCOC(=O)C12CC3CC(CCOCOCCOC)C1N(CCc1c2[nH]c2ccccc12)C3. The number of ether oxygens (including phenoxy) is 4. The molecule has 1 N–H and O–H groups in total. The molecule has 1 saturated carbocycles. The molecule has 4 aliphatic rings. The summed E-state index contributed by atoms with van der Waals surface area (Å²) in [5.41, 5.74) is 2.89. The topological polar surface area (TPSA) is 73.0 Å². The molecule has 5 unspecified atom stereocenters. The van der Waals surface area contributed by atoms with E-state index < -0.39 is 5.41 Å². The van der Waals surface area contributed by atoms with Gasteiger partial charge < -0.3 is 23.9 Å². The molecule has 1 aromatic heterocycles. The number of esters is 1. The number of nitrogens with zero attached hydrogens (tertiary/aromatic N) is 1. The number of hydrogen-bond acceptors (Lipinski definition) is 6. The molecule has 7 nitrogen and oxygen atoms in total. The van der Waals surface area contributed by atoms with E-state index in [0.29, 0.717) is 38.3 Å². The smallest absolute Gasteiger partial charge is 0.319 e. The fraction of sp³-hybridized carbons (Fsp3) is 0.654. The molecule has 4 heterocycles. The van der Waals surface area contributed by atoms with Crippen molar-refractivity contribution in [3.63, 3.8) is 0 Å². The third kappa shape index (κ3) is 3.99. The maximum atomic E-state index is 13.8. The van der Waals surface area contributed by atoms with E-state index in [9.17, 15) is 4.79 Å². The number of piperidine rings is 2. The monoisotopic (exact) mass is 456 g/mol. The number of hydrogen-bond donors (Lipinski definition) is 1. The average Bonchev–Trinajstić information content (AvgIpc) is 3.17. The van der Waals surface area contributed by atoms with E-state index >= 15 is 0 Å². The Balaban J connectivity index is 1.45. The van der Waals surface area contributed by atoms with Crippen molar-refractivity contribution in [2.24, 2.45) is 11.8 Å². The van der Waals surface area contributed by atoms with Crippen LogP contribution in [0.1, 0.15) is 37.4 Å². The number of H-pyrrole nitrogens is 1. The highest BCUT2D eigenvalue weighted by Gasteiger charge is 2.63. The van der Waals surface area contributed by atoms with Crippen LogP contribution in [0, 0.1) is 11.8 Å². The molecule has 3 fully saturated rings. The second kappa shape index (κ2) is 9.74. The normalized spacial score (nSPS) is 30.2. The van der Waals surface area contributed by atoms with Gasteiger partial charge in [-0.3, -0.25) is 9.69 Å². The molecule has 0 spiro atoms. The van der Waals surface area contributed by atoms with Crippen molar-refractivity contribution in [3.05, 3.63) is 35.5 Å². The lowest BCUT2D eigenvalue weighted by atomic mass is 9.56. The summed E-state index contributed by atoms with van der Waals surface area (Å²) in [6.45, 7) is 6.38. The van der Waals surface area contributed by atoms with Gasteiger partial charge in [0.15, 0.2) is 0 Å². The molecule has 4 bridgehead atoms. The van der Waals surface area contributed by atoms with Crippen LogP contribution in [0.3, 0.4) is 0 Å². The highest BCUT2D eigenvalue weighted by Crippen LogP contribution is 2.55. The minimum atomic E-state index is -0.637. The summed E-state index contributed by atoms with van der Waals surface area (Å²) in [5.74, 6) is 0.811. The van der Waals surface area contributed by atoms with Gasteiger partial charge in [-0.05, 0) is 56.1 Å². The molecule has 1 aromatic carbocycles. The Morgan fingerprint density at radius 3 is 2.91 bits per heavy atom. The van der Waals surface area contributed by atoms with Gasteiger partial charge in [0.2, 0.25) is 0 Å². The minimum Gasteiger partial charge on any atom is -0.465 e. The molecule has 1 aliphatic carbocycles. The summed E-state index contributed by atoms with van der Waals surface area (Å²) in [7, 11) is 1.66. The Morgan fingerprint density at radius 1 is 1.21 bits per heavy atom. The lowest BCUT2D eigenvalue weighted by Crippen LogP contribution is -2.67. The van der Waals surface area contributed by atoms with E-state index in [4.69, 9.17) is 18.9 Å². The summed E-state index contributed by atoms with van der Waals surface area (Å²) in [6, 6.07) is 8.58. The molecule has 7 heteroatoms. The highest BCUT2D eigenvalue weighted by atomic mass is 16.7. The van der Waals surface area contributed by atoms with Gasteiger partial charge in [0.05, 0.1) is 19.8 Å². The number of rotatable bonds is 10. The van der Waals surface area contributed by atoms with E-state index in [1.165, 1.54) is 10.9 Å².